The first-order chi connectivity index (χ1) is 6.54. The molecule has 78 valence electrons. The van der Waals surface area contributed by atoms with Crippen molar-refractivity contribution in [2.24, 2.45) is 5.73 Å². The lowest BCUT2D eigenvalue weighted by molar-refractivity contribution is 0.152. The van der Waals surface area contributed by atoms with E-state index in [9.17, 15) is 5.11 Å². The van der Waals surface area contributed by atoms with Gasteiger partial charge in [0.15, 0.2) is 0 Å². The van der Waals surface area contributed by atoms with Crippen molar-refractivity contribution >= 4 is 0 Å². The first-order valence-corrected chi connectivity index (χ1v) is 5.06. The number of hydrogen-bond acceptors (Lipinski definition) is 2. The van der Waals surface area contributed by atoms with Crippen LogP contribution in [0, 0.1) is 0 Å². The maximum atomic E-state index is 9.90. The van der Waals surface area contributed by atoms with Gasteiger partial charge in [0.25, 0.3) is 0 Å². The topological polar surface area (TPSA) is 46.2 Å². The molecule has 0 aliphatic rings. The molecule has 0 aromatic heterocycles. The van der Waals surface area contributed by atoms with Crippen LogP contribution in [0.2, 0.25) is 0 Å². The maximum absolute atomic E-state index is 9.90. The van der Waals surface area contributed by atoms with Crippen LogP contribution in [0.5, 0.6) is 0 Å². The highest BCUT2D eigenvalue weighted by Crippen LogP contribution is 2.25. The average Bonchev–Trinajstić information content (AvgIpc) is 2.16. The molecule has 0 aliphatic carbocycles. The van der Waals surface area contributed by atoms with Gasteiger partial charge >= 0.3 is 0 Å². The molecule has 1 rings (SSSR count). The fourth-order valence-corrected chi connectivity index (χ4v) is 1.59. The second-order valence-corrected chi connectivity index (χ2v) is 4.09. The highest BCUT2D eigenvalue weighted by atomic mass is 16.3. The monoisotopic (exact) mass is 193 g/mol. The molecule has 0 spiro atoms. The first kappa shape index (κ1) is 11.2. The molecule has 0 unspecified atom stereocenters. The maximum Gasteiger partial charge on any atom is 0.0940 e. The third kappa shape index (κ3) is 2.34. The van der Waals surface area contributed by atoms with E-state index in [0.29, 0.717) is 5.92 Å². The van der Waals surface area contributed by atoms with Gasteiger partial charge < -0.3 is 10.8 Å². The zero-order valence-corrected chi connectivity index (χ0v) is 9.07. The Morgan fingerprint density at radius 3 is 2.00 bits per heavy atom. The Bertz CT molecular complexity index is 294. The zero-order valence-electron chi connectivity index (χ0n) is 9.07. The summed E-state index contributed by atoms with van der Waals surface area (Å²) in [4.78, 5) is 0. The lowest BCUT2D eigenvalue weighted by Gasteiger charge is -2.20. The summed E-state index contributed by atoms with van der Waals surface area (Å²) in [5.41, 5.74) is 7.82. The number of benzene rings is 1. The largest absolute Gasteiger partial charge is 0.387 e. The van der Waals surface area contributed by atoms with Gasteiger partial charge in [-0.2, -0.15) is 0 Å². The molecule has 0 amide bonds. The van der Waals surface area contributed by atoms with Crippen molar-refractivity contribution in [1.82, 2.24) is 0 Å². The van der Waals surface area contributed by atoms with E-state index in [1.165, 1.54) is 5.56 Å². The second kappa shape index (κ2) is 4.58. The van der Waals surface area contributed by atoms with Crippen molar-refractivity contribution in [3.63, 3.8) is 0 Å². The summed E-state index contributed by atoms with van der Waals surface area (Å²) in [6, 6.07) is 7.70. The number of aliphatic hydroxyl groups is 1. The van der Waals surface area contributed by atoms with Crippen molar-refractivity contribution in [2.45, 2.75) is 38.8 Å². The van der Waals surface area contributed by atoms with E-state index in [0.717, 1.165) is 5.56 Å². The Hall–Kier alpha value is -0.860. The van der Waals surface area contributed by atoms with E-state index >= 15 is 0 Å². The van der Waals surface area contributed by atoms with Gasteiger partial charge in [0.05, 0.1) is 6.10 Å². The van der Waals surface area contributed by atoms with Crippen molar-refractivity contribution in [1.29, 1.82) is 0 Å². The molecule has 2 nitrogen and oxygen atoms in total. The van der Waals surface area contributed by atoms with Crippen LogP contribution in [0.4, 0.5) is 0 Å². The minimum absolute atomic E-state index is 0.227. The molecular formula is C12H19NO. The molecule has 3 N–H and O–H groups in total. The van der Waals surface area contributed by atoms with Crippen molar-refractivity contribution in [3.8, 4) is 0 Å². The van der Waals surface area contributed by atoms with Gasteiger partial charge in [-0.25, -0.2) is 0 Å². The third-order valence-electron chi connectivity index (χ3n) is 2.43. The predicted molar refractivity (Wildman–Crippen MR) is 59.1 cm³/mol. The molecule has 0 bridgehead atoms. The molecule has 0 aliphatic heterocycles. The van der Waals surface area contributed by atoms with Crippen molar-refractivity contribution in [3.05, 3.63) is 35.4 Å². The van der Waals surface area contributed by atoms with Crippen molar-refractivity contribution in [2.75, 3.05) is 0 Å². The van der Waals surface area contributed by atoms with E-state index < -0.39 is 6.10 Å². The molecule has 1 aromatic rings. The Morgan fingerprint density at radius 1 is 1.07 bits per heavy atom. The Kier molecular flexibility index (Phi) is 3.67. The summed E-state index contributed by atoms with van der Waals surface area (Å²) < 4.78 is 0. The standard InChI is InChI=1S/C12H19NO/c1-8(2)10-6-4-5-7-11(10)12(14)9(3)13/h4-9,12,14H,13H2,1-3H3/t9-,12+/m1/s1. The van der Waals surface area contributed by atoms with Crippen LogP contribution in [-0.2, 0) is 0 Å². The summed E-state index contributed by atoms with van der Waals surface area (Å²) in [5, 5.41) is 9.90. The van der Waals surface area contributed by atoms with E-state index in [1.807, 2.05) is 31.2 Å². The minimum atomic E-state index is -0.561. The van der Waals surface area contributed by atoms with Gasteiger partial charge in [0.1, 0.15) is 0 Å². The lowest BCUT2D eigenvalue weighted by Crippen LogP contribution is -2.25. The Morgan fingerprint density at radius 2 is 1.57 bits per heavy atom. The van der Waals surface area contributed by atoms with E-state index in [2.05, 4.69) is 13.8 Å². The van der Waals surface area contributed by atoms with Gasteiger partial charge in [-0.15, -0.1) is 0 Å². The summed E-state index contributed by atoms with van der Waals surface area (Å²) in [6.07, 6.45) is -0.561. The van der Waals surface area contributed by atoms with Gasteiger partial charge in [0, 0.05) is 6.04 Å². The average molecular weight is 193 g/mol. The first-order valence-electron chi connectivity index (χ1n) is 5.06. The van der Waals surface area contributed by atoms with Gasteiger partial charge in [-0.05, 0) is 24.0 Å². The van der Waals surface area contributed by atoms with E-state index in [-0.39, 0.29) is 6.04 Å². The van der Waals surface area contributed by atoms with Crippen LogP contribution in [0.25, 0.3) is 0 Å². The normalized spacial score (nSPS) is 15.6. The molecule has 0 saturated heterocycles. The Balaban J connectivity index is 3.06. The SMILES string of the molecule is CC(C)c1ccccc1[C@@H](O)[C@@H](C)N. The second-order valence-electron chi connectivity index (χ2n) is 4.09. The third-order valence-corrected chi connectivity index (χ3v) is 2.43. The summed E-state index contributed by atoms with van der Waals surface area (Å²) in [7, 11) is 0. The highest BCUT2D eigenvalue weighted by molar-refractivity contribution is 5.32. The molecular weight excluding hydrogens is 174 g/mol. The molecule has 0 radical (unpaired) electrons. The van der Waals surface area contributed by atoms with Crippen LogP contribution < -0.4 is 5.73 Å². The highest BCUT2D eigenvalue weighted by Gasteiger charge is 2.16. The van der Waals surface area contributed by atoms with E-state index in [1.54, 1.807) is 0 Å². The molecule has 0 saturated carbocycles. The predicted octanol–water partition coefficient (Wildman–Crippen LogP) is 2.19. The fourth-order valence-electron chi connectivity index (χ4n) is 1.59. The number of aliphatic hydroxyl groups excluding tert-OH is 1. The Labute approximate surface area is 85.8 Å². The zero-order chi connectivity index (χ0) is 10.7. The van der Waals surface area contributed by atoms with Crippen LogP contribution in [0.3, 0.4) is 0 Å². The molecule has 2 heteroatoms. The quantitative estimate of drug-likeness (QED) is 0.773. The molecule has 0 fully saturated rings. The molecule has 2 atom stereocenters. The number of hydrogen-bond donors (Lipinski definition) is 2. The summed E-state index contributed by atoms with van der Waals surface area (Å²) in [5.74, 6) is 0.416. The van der Waals surface area contributed by atoms with Crippen LogP contribution in [0.15, 0.2) is 24.3 Å². The smallest absolute Gasteiger partial charge is 0.0940 e. The minimum Gasteiger partial charge on any atom is -0.387 e. The van der Waals surface area contributed by atoms with Crippen molar-refractivity contribution < 1.29 is 5.11 Å². The fraction of sp³-hybridized carbons (Fsp3) is 0.500. The summed E-state index contributed by atoms with van der Waals surface area (Å²) >= 11 is 0. The van der Waals surface area contributed by atoms with Gasteiger partial charge in [-0.1, -0.05) is 38.1 Å². The summed E-state index contributed by atoms with van der Waals surface area (Å²) in [6.45, 7) is 6.06. The lowest BCUT2D eigenvalue weighted by atomic mass is 9.92. The van der Waals surface area contributed by atoms with Gasteiger partial charge in [-0.3, -0.25) is 0 Å². The number of nitrogens with two attached hydrogens (primary N) is 1. The van der Waals surface area contributed by atoms with Crippen LogP contribution in [0.1, 0.15) is 43.9 Å². The van der Waals surface area contributed by atoms with Crippen LogP contribution >= 0.6 is 0 Å². The van der Waals surface area contributed by atoms with Crippen LogP contribution in [-0.4, -0.2) is 11.1 Å². The molecule has 0 heterocycles. The molecule has 1 aromatic carbocycles. The van der Waals surface area contributed by atoms with E-state index in [4.69, 9.17) is 5.73 Å². The molecule has 14 heavy (non-hydrogen) atoms. The number of rotatable bonds is 3. The van der Waals surface area contributed by atoms with Gasteiger partial charge in [0.2, 0.25) is 0 Å².